The molecule has 0 radical (unpaired) electrons. The first-order valence-corrected chi connectivity index (χ1v) is 7.68. The van der Waals surface area contributed by atoms with E-state index in [0.29, 0.717) is 0 Å². The molecular weight excluding hydrogens is 314 g/mol. The van der Waals surface area contributed by atoms with Gasteiger partial charge in [-0.3, -0.25) is 0 Å². The summed E-state index contributed by atoms with van der Waals surface area (Å²) in [5, 5.41) is 0. The van der Waals surface area contributed by atoms with Crippen LogP contribution < -0.4 is 10.5 Å². The van der Waals surface area contributed by atoms with Crippen LogP contribution in [0.25, 0.3) is 0 Å². The van der Waals surface area contributed by atoms with Crippen LogP contribution in [-0.2, 0) is 12.8 Å². The van der Waals surface area contributed by atoms with E-state index in [1.165, 1.54) is 11.1 Å². The van der Waals surface area contributed by atoms with Gasteiger partial charge in [-0.2, -0.15) is 0 Å². The van der Waals surface area contributed by atoms with E-state index in [0.717, 1.165) is 28.8 Å². The molecule has 2 rings (SSSR count). The van der Waals surface area contributed by atoms with Gasteiger partial charge in [-0.05, 0) is 55.2 Å². The predicted molar refractivity (Wildman–Crippen MR) is 87.4 cm³/mol. The molecule has 0 spiro atoms. The van der Waals surface area contributed by atoms with Gasteiger partial charge < -0.3 is 10.5 Å². The molecule has 0 aliphatic rings. The zero-order chi connectivity index (χ0) is 14.5. The lowest BCUT2D eigenvalue weighted by Crippen LogP contribution is -2.17. The van der Waals surface area contributed by atoms with Crippen LogP contribution in [0.15, 0.2) is 46.9 Å². The Morgan fingerprint density at radius 2 is 1.75 bits per heavy atom. The highest BCUT2D eigenvalue weighted by molar-refractivity contribution is 9.10. The Morgan fingerprint density at radius 1 is 1.10 bits per heavy atom. The maximum absolute atomic E-state index is 5.86. The molecule has 0 aromatic heterocycles. The summed E-state index contributed by atoms with van der Waals surface area (Å²) in [7, 11) is 0. The standard InChI is InChI=1S/C17H20BrNO/c1-3-13-4-7-15(8-5-13)20-16-9-6-14(10-12(2)19)17(18)11-16/h4-9,11-12H,3,10,19H2,1-2H3. The Hall–Kier alpha value is -1.32. The fraction of sp³-hybridized carbons (Fsp3) is 0.294. The zero-order valence-electron chi connectivity index (χ0n) is 11.9. The topological polar surface area (TPSA) is 35.2 Å². The van der Waals surface area contributed by atoms with Gasteiger partial charge in [0, 0.05) is 10.5 Å². The lowest BCUT2D eigenvalue weighted by molar-refractivity contribution is 0.481. The Morgan fingerprint density at radius 3 is 2.30 bits per heavy atom. The third-order valence-corrected chi connectivity index (χ3v) is 3.87. The molecule has 2 nitrogen and oxygen atoms in total. The van der Waals surface area contributed by atoms with Gasteiger partial charge in [0.15, 0.2) is 0 Å². The van der Waals surface area contributed by atoms with Crippen molar-refractivity contribution in [2.45, 2.75) is 32.7 Å². The molecule has 2 N–H and O–H groups in total. The molecule has 2 aromatic carbocycles. The first-order chi connectivity index (χ1) is 9.58. The number of benzene rings is 2. The van der Waals surface area contributed by atoms with E-state index >= 15 is 0 Å². The highest BCUT2D eigenvalue weighted by Gasteiger charge is 2.05. The molecule has 0 heterocycles. The lowest BCUT2D eigenvalue weighted by Gasteiger charge is -2.11. The summed E-state index contributed by atoms with van der Waals surface area (Å²) in [6.45, 7) is 4.15. The van der Waals surface area contributed by atoms with Gasteiger partial charge in [0.1, 0.15) is 11.5 Å². The molecule has 0 aliphatic carbocycles. The first-order valence-electron chi connectivity index (χ1n) is 6.89. The second-order valence-corrected chi connectivity index (χ2v) is 5.89. The fourth-order valence-corrected chi connectivity index (χ4v) is 2.55. The smallest absolute Gasteiger partial charge is 0.128 e. The summed E-state index contributed by atoms with van der Waals surface area (Å²) in [6.07, 6.45) is 1.89. The quantitative estimate of drug-likeness (QED) is 0.861. The van der Waals surface area contributed by atoms with Gasteiger partial charge in [0.25, 0.3) is 0 Å². The van der Waals surface area contributed by atoms with Crippen molar-refractivity contribution in [3.8, 4) is 11.5 Å². The number of hydrogen-bond acceptors (Lipinski definition) is 2. The van der Waals surface area contributed by atoms with Gasteiger partial charge >= 0.3 is 0 Å². The van der Waals surface area contributed by atoms with Crippen molar-refractivity contribution >= 4 is 15.9 Å². The van der Waals surface area contributed by atoms with E-state index < -0.39 is 0 Å². The van der Waals surface area contributed by atoms with Crippen molar-refractivity contribution in [2.24, 2.45) is 5.73 Å². The maximum Gasteiger partial charge on any atom is 0.128 e. The first kappa shape index (κ1) is 15.1. The van der Waals surface area contributed by atoms with E-state index in [4.69, 9.17) is 10.5 Å². The van der Waals surface area contributed by atoms with Crippen molar-refractivity contribution in [3.05, 3.63) is 58.1 Å². The Bertz CT molecular complexity index is 564. The van der Waals surface area contributed by atoms with Gasteiger partial charge in [-0.25, -0.2) is 0 Å². The normalized spacial score (nSPS) is 12.2. The van der Waals surface area contributed by atoms with E-state index in [2.05, 4.69) is 41.1 Å². The maximum atomic E-state index is 5.86. The molecule has 2 aromatic rings. The SMILES string of the molecule is CCc1ccc(Oc2ccc(CC(C)N)c(Br)c2)cc1. The summed E-state index contributed by atoms with van der Waals surface area (Å²) in [5.41, 5.74) is 8.34. The molecule has 1 unspecified atom stereocenters. The van der Waals surface area contributed by atoms with Crippen LogP contribution in [0.5, 0.6) is 11.5 Å². The number of ether oxygens (including phenoxy) is 1. The summed E-state index contributed by atoms with van der Waals surface area (Å²) in [6, 6.07) is 14.4. The second-order valence-electron chi connectivity index (χ2n) is 5.03. The zero-order valence-corrected chi connectivity index (χ0v) is 13.5. The summed E-state index contributed by atoms with van der Waals surface area (Å²) >= 11 is 3.58. The van der Waals surface area contributed by atoms with Crippen LogP contribution in [0, 0.1) is 0 Å². The van der Waals surface area contributed by atoms with E-state index in [1.807, 2.05) is 31.2 Å². The molecule has 106 valence electrons. The summed E-state index contributed by atoms with van der Waals surface area (Å²) < 4.78 is 6.90. The van der Waals surface area contributed by atoms with Gasteiger partial charge in [-0.1, -0.05) is 41.1 Å². The highest BCUT2D eigenvalue weighted by Crippen LogP contribution is 2.28. The van der Waals surface area contributed by atoms with Crippen LogP contribution in [0.4, 0.5) is 0 Å². The summed E-state index contributed by atoms with van der Waals surface area (Å²) in [5.74, 6) is 1.68. The van der Waals surface area contributed by atoms with Crippen molar-refractivity contribution in [1.82, 2.24) is 0 Å². The minimum atomic E-state index is 0.152. The largest absolute Gasteiger partial charge is 0.457 e. The molecule has 0 aliphatic heterocycles. The Balaban J connectivity index is 2.11. The van der Waals surface area contributed by atoms with Gasteiger partial charge in [0.2, 0.25) is 0 Å². The third kappa shape index (κ3) is 4.09. The van der Waals surface area contributed by atoms with E-state index in [-0.39, 0.29) is 6.04 Å². The average Bonchev–Trinajstić information content (AvgIpc) is 2.42. The Kier molecular flexibility index (Phi) is 5.21. The number of aryl methyl sites for hydroxylation is 1. The summed E-state index contributed by atoms with van der Waals surface area (Å²) in [4.78, 5) is 0. The molecular formula is C17H20BrNO. The molecule has 3 heteroatoms. The van der Waals surface area contributed by atoms with E-state index in [9.17, 15) is 0 Å². The highest BCUT2D eigenvalue weighted by atomic mass is 79.9. The van der Waals surface area contributed by atoms with Crippen molar-refractivity contribution in [3.63, 3.8) is 0 Å². The third-order valence-electron chi connectivity index (χ3n) is 3.13. The van der Waals surface area contributed by atoms with Crippen LogP contribution in [0.1, 0.15) is 25.0 Å². The van der Waals surface area contributed by atoms with Crippen molar-refractivity contribution < 1.29 is 4.74 Å². The van der Waals surface area contributed by atoms with E-state index in [1.54, 1.807) is 0 Å². The molecule has 0 amide bonds. The van der Waals surface area contributed by atoms with Crippen molar-refractivity contribution in [1.29, 1.82) is 0 Å². The minimum Gasteiger partial charge on any atom is -0.457 e. The molecule has 20 heavy (non-hydrogen) atoms. The second kappa shape index (κ2) is 6.91. The molecule has 0 bridgehead atoms. The van der Waals surface area contributed by atoms with Crippen LogP contribution >= 0.6 is 15.9 Å². The number of hydrogen-bond donors (Lipinski definition) is 1. The predicted octanol–water partition coefficient (Wildman–Crippen LogP) is 4.69. The van der Waals surface area contributed by atoms with Crippen LogP contribution in [-0.4, -0.2) is 6.04 Å². The monoisotopic (exact) mass is 333 g/mol. The number of rotatable bonds is 5. The van der Waals surface area contributed by atoms with Gasteiger partial charge in [-0.15, -0.1) is 0 Å². The molecule has 0 saturated carbocycles. The number of halogens is 1. The Labute approximate surface area is 129 Å². The molecule has 0 saturated heterocycles. The van der Waals surface area contributed by atoms with Crippen LogP contribution in [0.2, 0.25) is 0 Å². The molecule has 0 fully saturated rings. The van der Waals surface area contributed by atoms with Crippen molar-refractivity contribution in [2.75, 3.05) is 0 Å². The number of nitrogens with two attached hydrogens (primary N) is 1. The average molecular weight is 334 g/mol. The molecule has 1 atom stereocenters. The van der Waals surface area contributed by atoms with Gasteiger partial charge in [0.05, 0.1) is 0 Å². The lowest BCUT2D eigenvalue weighted by atomic mass is 10.1. The minimum absolute atomic E-state index is 0.152. The fourth-order valence-electron chi connectivity index (χ4n) is 2.03. The van der Waals surface area contributed by atoms with Crippen LogP contribution in [0.3, 0.4) is 0 Å².